The lowest BCUT2D eigenvalue weighted by molar-refractivity contribution is -0.120. The Bertz CT molecular complexity index is 405. The van der Waals surface area contributed by atoms with E-state index in [0.29, 0.717) is 12.3 Å². The van der Waals surface area contributed by atoms with E-state index in [2.05, 4.69) is 10.6 Å². The third-order valence-electron chi connectivity index (χ3n) is 3.55. The molecule has 1 unspecified atom stereocenters. The molecule has 2 rings (SSSR count). The van der Waals surface area contributed by atoms with E-state index in [4.69, 9.17) is 0 Å². The summed E-state index contributed by atoms with van der Waals surface area (Å²) in [5.74, 6) is 0.421. The molecule has 1 saturated heterocycles. The molecule has 1 aliphatic heterocycles. The fraction of sp³-hybridized carbons (Fsp3) is 0.533. The highest BCUT2D eigenvalue weighted by Crippen LogP contribution is 2.12. The van der Waals surface area contributed by atoms with Crippen LogP contribution in [0, 0.1) is 11.7 Å². The molecule has 1 amide bonds. The molecule has 0 spiro atoms. The normalized spacial score (nSPS) is 18.1. The molecule has 112 valence electrons. The summed E-state index contributed by atoms with van der Waals surface area (Å²) in [5.41, 5.74) is 0.846. The number of rotatable bonds is 5. The van der Waals surface area contributed by atoms with Gasteiger partial charge < -0.3 is 10.6 Å². The Morgan fingerprint density at radius 1 is 1.35 bits per heavy atom. The minimum Gasteiger partial charge on any atom is -0.356 e. The maximum atomic E-state index is 12.7. The van der Waals surface area contributed by atoms with Gasteiger partial charge in [0.1, 0.15) is 5.82 Å². The summed E-state index contributed by atoms with van der Waals surface area (Å²) < 4.78 is 12.7. The SMILES string of the molecule is Cl.O=C(Cc1ccc(F)cc1)NCCC1CCCNC1. The van der Waals surface area contributed by atoms with Gasteiger partial charge in [-0.05, 0) is 56.0 Å². The van der Waals surface area contributed by atoms with Crippen LogP contribution >= 0.6 is 12.4 Å². The lowest BCUT2D eigenvalue weighted by atomic mass is 9.96. The van der Waals surface area contributed by atoms with Crippen LogP contribution in [0.3, 0.4) is 0 Å². The van der Waals surface area contributed by atoms with Crippen LogP contribution < -0.4 is 10.6 Å². The summed E-state index contributed by atoms with van der Waals surface area (Å²) in [6, 6.07) is 6.08. The largest absolute Gasteiger partial charge is 0.356 e. The molecule has 0 aliphatic carbocycles. The molecule has 0 bridgehead atoms. The summed E-state index contributed by atoms with van der Waals surface area (Å²) in [6.45, 7) is 2.91. The molecule has 1 fully saturated rings. The van der Waals surface area contributed by atoms with E-state index in [0.717, 1.165) is 31.6 Å². The van der Waals surface area contributed by atoms with Crippen LogP contribution in [0.2, 0.25) is 0 Å². The monoisotopic (exact) mass is 300 g/mol. The summed E-state index contributed by atoms with van der Waals surface area (Å²) in [7, 11) is 0. The number of nitrogens with one attached hydrogen (secondary N) is 2. The fourth-order valence-electron chi connectivity index (χ4n) is 2.44. The van der Waals surface area contributed by atoms with E-state index in [9.17, 15) is 9.18 Å². The van der Waals surface area contributed by atoms with E-state index < -0.39 is 0 Å². The molecule has 1 aromatic carbocycles. The second-order valence-electron chi connectivity index (χ2n) is 5.15. The molecule has 5 heteroatoms. The highest BCUT2D eigenvalue weighted by atomic mass is 35.5. The summed E-state index contributed by atoms with van der Waals surface area (Å²) in [4.78, 5) is 11.7. The third-order valence-corrected chi connectivity index (χ3v) is 3.55. The summed E-state index contributed by atoms with van der Waals surface area (Å²) in [5, 5.41) is 6.30. The van der Waals surface area contributed by atoms with Crippen molar-refractivity contribution in [1.82, 2.24) is 10.6 Å². The molecular formula is C15H22ClFN2O. The van der Waals surface area contributed by atoms with Crippen molar-refractivity contribution in [2.45, 2.75) is 25.7 Å². The van der Waals surface area contributed by atoms with Crippen molar-refractivity contribution in [2.24, 2.45) is 5.92 Å². The highest BCUT2D eigenvalue weighted by molar-refractivity contribution is 5.85. The smallest absolute Gasteiger partial charge is 0.224 e. The Balaban J connectivity index is 0.00000200. The summed E-state index contributed by atoms with van der Waals surface area (Å²) >= 11 is 0. The molecule has 1 aliphatic rings. The average molecular weight is 301 g/mol. The second kappa shape index (κ2) is 8.93. The van der Waals surface area contributed by atoms with Gasteiger partial charge >= 0.3 is 0 Å². The first-order valence-electron chi connectivity index (χ1n) is 6.96. The Kier molecular flexibility index (Phi) is 7.55. The first-order chi connectivity index (χ1) is 9.24. The fourth-order valence-corrected chi connectivity index (χ4v) is 2.44. The van der Waals surface area contributed by atoms with Crippen molar-refractivity contribution < 1.29 is 9.18 Å². The Hall–Kier alpha value is -1.13. The van der Waals surface area contributed by atoms with E-state index in [1.165, 1.54) is 25.0 Å². The Morgan fingerprint density at radius 3 is 2.75 bits per heavy atom. The first-order valence-corrected chi connectivity index (χ1v) is 6.96. The van der Waals surface area contributed by atoms with Crippen molar-refractivity contribution in [3.63, 3.8) is 0 Å². The van der Waals surface area contributed by atoms with Gasteiger partial charge in [-0.15, -0.1) is 12.4 Å². The number of carbonyl (C=O) groups is 1. The minimum atomic E-state index is -0.269. The number of halogens is 2. The number of amides is 1. The predicted molar refractivity (Wildman–Crippen MR) is 80.6 cm³/mol. The van der Waals surface area contributed by atoms with Gasteiger partial charge in [-0.2, -0.15) is 0 Å². The molecule has 0 aromatic heterocycles. The molecule has 1 aromatic rings. The molecular weight excluding hydrogens is 279 g/mol. The predicted octanol–water partition coefficient (Wildman–Crippen LogP) is 2.30. The summed E-state index contributed by atoms with van der Waals surface area (Å²) in [6.07, 6.45) is 3.83. The Labute approximate surface area is 125 Å². The molecule has 2 N–H and O–H groups in total. The zero-order valence-electron chi connectivity index (χ0n) is 11.5. The first kappa shape index (κ1) is 16.9. The van der Waals surface area contributed by atoms with Gasteiger partial charge in [0.25, 0.3) is 0 Å². The maximum absolute atomic E-state index is 12.7. The molecule has 1 heterocycles. The van der Waals surface area contributed by atoms with Crippen molar-refractivity contribution in [2.75, 3.05) is 19.6 Å². The molecule has 3 nitrogen and oxygen atoms in total. The highest BCUT2D eigenvalue weighted by Gasteiger charge is 2.12. The van der Waals surface area contributed by atoms with Crippen molar-refractivity contribution in [3.05, 3.63) is 35.6 Å². The van der Waals surface area contributed by atoms with Gasteiger partial charge in [-0.3, -0.25) is 4.79 Å². The molecule has 20 heavy (non-hydrogen) atoms. The standard InChI is InChI=1S/C15H21FN2O.ClH/c16-14-5-3-12(4-6-14)10-15(19)18-9-7-13-2-1-8-17-11-13;/h3-6,13,17H,1-2,7-11H2,(H,18,19);1H. The van der Waals surface area contributed by atoms with Gasteiger partial charge in [0, 0.05) is 6.54 Å². The van der Waals surface area contributed by atoms with Gasteiger partial charge in [0.2, 0.25) is 5.91 Å². The second-order valence-corrected chi connectivity index (χ2v) is 5.15. The van der Waals surface area contributed by atoms with Crippen LogP contribution in [0.1, 0.15) is 24.8 Å². The van der Waals surface area contributed by atoms with Crippen LogP contribution in [0.4, 0.5) is 4.39 Å². The van der Waals surface area contributed by atoms with E-state index in [1.54, 1.807) is 12.1 Å². The van der Waals surface area contributed by atoms with E-state index in [-0.39, 0.29) is 24.1 Å². The molecule has 0 saturated carbocycles. The average Bonchev–Trinajstić information content (AvgIpc) is 2.43. The van der Waals surface area contributed by atoms with Crippen molar-refractivity contribution in [1.29, 1.82) is 0 Å². The number of benzene rings is 1. The lowest BCUT2D eigenvalue weighted by Gasteiger charge is -2.22. The van der Waals surface area contributed by atoms with Crippen LogP contribution in [0.15, 0.2) is 24.3 Å². The quantitative estimate of drug-likeness (QED) is 0.876. The van der Waals surface area contributed by atoms with E-state index in [1.807, 2.05) is 0 Å². The maximum Gasteiger partial charge on any atom is 0.224 e. The number of piperidine rings is 1. The third kappa shape index (κ3) is 5.88. The lowest BCUT2D eigenvalue weighted by Crippen LogP contribution is -2.33. The Morgan fingerprint density at radius 2 is 2.10 bits per heavy atom. The van der Waals surface area contributed by atoms with Crippen molar-refractivity contribution in [3.8, 4) is 0 Å². The number of hydrogen-bond donors (Lipinski definition) is 2. The van der Waals surface area contributed by atoms with Gasteiger partial charge in [-0.25, -0.2) is 4.39 Å². The van der Waals surface area contributed by atoms with E-state index >= 15 is 0 Å². The van der Waals surface area contributed by atoms with Crippen LogP contribution in [-0.4, -0.2) is 25.5 Å². The van der Waals surface area contributed by atoms with Crippen LogP contribution in [-0.2, 0) is 11.2 Å². The van der Waals surface area contributed by atoms with Crippen molar-refractivity contribution >= 4 is 18.3 Å². The van der Waals surface area contributed by atoms with Gasteiger partial charge in [0.05, 0.1) is 6.42 Å². The van der Waals surface area contributed by atoms with Gasteiger partial charge in [-0.1, -0.05) is 12.1 Å². The number of carbonyl (C=O) groups excluding carboxylic acids is 1. The topological polar surface area (TPSA) is 41.1 Å². The minimum absolute atomic E-state index is 0. The van der Waals surface area contributed by atoms with Gasteiger partial charge in [0.15, 0.2) is 0 Å². The number of hydrogen-bond acceptors (Lipinski definition) is 2. The zero-order chi connectivity index (χ0) is 13.5. The zero-order valence-corrected chi connectivity index (χ0v) is 12.3. The molecule has 0 radical (unpaired) electrons. The van der Waals surface area contributed by atoms with Crippen LogP contribution in [0.25, 0.3) is 0 Å². The van der Waals surface area contributed by atoms with Crippen LogP contribution in [0.5, 0.6) is 0 Å². The molecule has 1 atom stereocenters.